The van der Waals surface area contributed by atoms with E-state index in [0.717, 1.165) is 16.3 Å². The van der Waals surface area contributed by atoms with Gasteiger partial charge in [-0.25, -0.2) is 5.43 Å². The van der Waals surface area contributed by atoms with E-state index in [2.05, 4.69) is 10.5 Å². The van der Waals surface area contributed by atoms with Crippen molar-refractivity contribution in [1.29, 1.82) is 0 Å². The molecule has 0 radical (unpaired) electrons. The molecule has 1 amide bonds. The lowest BCUT2D eigenvalue weighted by atomic mass is 10.0. The number of nitrogens with one attached hydrogen (secondary N) is 1. The summed E-state index contributed by atoms with van der Waals surface area (Å²) >= 11 is 11.8. The Morgan fingerprint density at radius 3 is 2.65 bits per heavy atom. The molecule has 0 saturated carbocycles. The molecule has 0 bridgehead atoms. The van der Waals surface area contributed by atoms with Crippen LogP contribution in [0.2, 0.25) is 10.0 Å². The second-order valence-electron chi connectivity index (χ2n) is 5.62. The van der Waals surface area contributed by atoms with Gasteiger partial charge in [-0.3, -0.25) is 4.79 Å². The third kappa shape index (κ3) is 4.34. The van der Waals surface area contributed by atoms with Gasteiger partial charge in [0.2, 0.25) is 0 Å². The number of hydrogen-bond donors (Lipinski definition) is 1. The van der Waals surface area contributed by atoms with Crippen molar-refractivity contribution >= 4 is 45.6 Å². The summed E-state index contributed by atoms with van der Waals surface area (Å²) in [6.07, 6.45) is 0. The van der Waals surface area contributed by atoms with Gasteiger partial charge >= 0.3 is 0 Å². The van der Waals surface area contributed by atoms with Crippen molar-refractivity contribution in [1.82, 2.24) is 5.43 Å². The van der Waals surface area contributed by atoms with Crippen LogP contribution in [0.25, 0.3) is 10.8 Å². The summed E-state index contributed by atoms with van der Waals surface area (Å²) in [5, 5.41) is 7.22. The van der Waals surface area contributed by atoms with Crippen LogP contribution in [0.4, 0.5) is 0 Å². The van der Waals surface area contributed by atoms with Gasteiger partial charge in [0.1, 0.15) is 5.75 Å². The quantitative estimate of drug-likeness (QED) is 0.491. The van der Waals surface area contributed by atoms with Crippen LogP contribution in [-0.4, -0.2) is 18.2 Å². The van der Waals surface area contributed by atoms with Gasteiger partial charge in [-0.05, 0) is 35.9 Å². The number of carbonyl (C=O) groups is 1. The summed E-state index contributed by atoms with van der Waals surface area (Å²) in [5.41, 5.74) is 4.17. The Morgan fingerprint density at radius 1 is 1.08 bits per heavy atom. The normalized spacial score (nSPS) is 11.4. The Bertz CT molecular complexity index is 981. The molecule has 0 unspecified atom stereocenters. The highest BCUT2D eigenvalue weighted by atomic mass is 35.5. The molecule has 3 aromatic carbocycles. The molecule has 0 aliphatic rings. The van der Waals surface area contributed by atoms with E-state index in [-0.39, 0.29) is 12.5 Å². The van der Waals surface area contributed by atoms with Crippen LogP contribution in [-0.2, 0) is 4.79 Å². The molecule has 0 aliphatic carbocycles. The van der Waals surface area contributed by atoms with E-state index in [1.165, 1.54) is 0 Å². The van der Waals surface area contributed by atoms with Crippen LogP contribution in [0.1, 0.15) is 12.5 Å². The number of hydrazone groups is 1. The number of rotatable bonds is 5. The monoisotopic (exact) mass is 386 g/mol. The van der Waals surface area contributed by atoms with Crippen molar-refractivity contribution in [3.63, 3.8) is 0 Å². The van der Waals surface area contributed by atoms with Gasteiger partial charge < -0.3 is 4.74 Å². The van der Waals surface area contributed by atoms with Crippen molar-refractivity contribution in [2.45, 2.75) is 6.92 Å². The van der Waals surface area contributed by atoms with E-state index in [4.69, 9.17) is 27.9 Å². The fourth-order valence-electron chi connectivity index (χ4n) is 2.52. The summed E-state index contributed by atoms with van der Waals surface area (Å²) in [6, 6.07) is 18.8. The first-order valence-electron chi connectivity index (χ1n) is 7.94. The van der Waals surface area contributed by atoms with E-state index in [0.29, 0.717) is 21.5 Å². The van der Waals surface area contributed by atoms with Crippen LogP contribution < -0.4 is 10.2 Å². The molecule has 0 spiro atoms. The number of halogens is 2. The summed E-state index contributed by atoms with van der Waals surface area (Å²) in [7, 11) is 0. The minimum absolute atomic E-state index is 0.201. The highest BCUT2D eigenvalue weighted by Gasteiger charge is 2.07. The third-order valence-corrected chi connectivity index (χ3v) is 4.31. The molecule has 0 saturated heterocycles. The average molecular weight is 387 g/mol. The number of ether oxygens (including phenoxy) is 1. The van der Waals surface area contributed by atoms with Crippen LogP contribution in [0.15, 0.2) is 65.8 Å². The first-order chi connectivity index (χ1) is 12.5. The Balaban J connectivity index is 1.65. The van der Waals surface area contributed by atoms with Gasteiger partial charge in [0.15, 0.2) is 6.61 Å². The topological polar surface area (TPSA) is 50.7 Å². The molecular weight excluding hydrogens is 371 g/mol. The molecule has 6 heteroatoms. The van der Waals surface area contributed by atoms with E-state index in [1.54, 1.807) is 18.2 Å². The Labute approximate surface area is 161 Å². The van der Waals surface area contributed by atoms with Crippen LogP contribution in [0.3, 0.4) is 0 Å². The SMILES string of the molecule is C/C(=N\NC(=O)COc1ccc(Cl)cc1Cl)c1cccc2ccccc12. The van der Waals surface area contributed by atoms with E-state index >= 15 is 0 Å². The number of nitrogens with zero attached hydrogens (tertiary/aromatic N) is 1. The Kier molecular flexibility index (Phi) is 5.76. The maximum atomic E-state index is 12.0. The molecule has 4 nitrogen and oxygen atoms in total. The van der Waals surface area contributed by atoms with Crippen molar-refractivity contribution in [2.75, 3.05) is 6.61 Å². The van der Waals surface area contributed by atoms with Crippen molar-refractivity contribution in [2.24, 2.45) is 5.10 Å². The van der Waals surface area contributed by atoms with Crippen LogP contribution in [0.5, 0.6) is 5.75 Å². The maximum Gasteiger partial charge on any atom is 0.277 e. The zero-order valence-electron chi connectivity index (χ0n) is 14.0. The number of fused-ring (bicyclic) bond motifs is 1. The van der Waals surface area contributed by atoms with E-state index in [9.17, 15) is 4.79 Å². The number of benzene rings is 3. The molecule has 0 aliphatic heterocycles. The highest BCUT2D eigenvalue weighted by Crippen LogP contribution is 2.27. The molecule has 0 fully saturated rings. The Hall–Kier alpha value is -2.56. The molecule has 26 heavy (non-hydrogen) atoms. The summed E-state index contributed by atoms with van der Waals surface area (Å²) in [6.45, 7) is 1.65. The summed E-state index contributed by atoms with van der Waals surface area (Å²) in [4.78, 5) is 12.0. The highest BCUT2D eigenvalue weighted by molar-refractivity contribution is 6.35. The molecule has 0 atom stereocenters. The number of carbonyl (C=O) groups excluding carboxylic acids is 1. The fraction of sp³-hybridized carbons (Fsp3) is 0.100. The van der Waals surface area contributed by atoms with Crippen LogP contribution >= 0.6 is 23.2 Å². The molecule has 0 heterocycles. The van der Waals surface area contributed by atoms with Gasteiger partial charge in [-0.2, -0.15) is 5.10 Å². The molecule has 3 rings (SSSR count). The predicted molar refractivity (Wildman–Crippen MR) is 106 cm³/mol. The van der Waals surface area contributed by atoms with Gasteiger partial charge in [-0.1, -0.05) is 65.7 Å². The van der Waals surface area contributed by atoms with E-state index < -0.39 is 0 Å². The van der Waals surface area contributed by atoms with Gasteiger partial charge in [0.25, 0.3) is 5.91 Å². The first kappa shape index (κ1) is 18.2. The number of amides is 1. The first-order valence-corrected chi connectivity index (χ1v) is 8.69. The smallest absolute Gasteiger partial charge is 0.277 e. The fourth-order valence-corrected chi connectivity index (χ4v) is 2.98. The average Bonchev–Trinajstić information content (AvgIpc) is 2.65. The lowest BCUT2D eigenvalue weighted by Gasteiger charge is -2.08. The third-order valence-electron chi connectivity index (χ3n) is 3.78. The molecule has 3 aromatic rings. The molecule has 0 aromatic heterocycles. The minimum atomic E-state index is -0.379. The van der Waals surface area contributed by atoms with Gasteiger partial charge in [0, 0.05) is 10.6 Å². The van der Waals surface area contributed by atoms with E-state index in [1.807, 2.05) is 49.4 Å². The summed E-state index contributed by atoms with van der Waals surface area (Å²) < 4.78 is 5.39. The molecular formula is C20H16Cl2N2O2. The van der Waals surface area contributed by atoms with Crippen LogP contribution in [0, 0.1) is 0 Å². The minimum Gasteiger partial charge on any atom is -0.482 e. The van der Waals surface area contributed by atoms with Crippen molar-refractivity contribution in [3.8, 4) is 5.75 Å². The standard InChI is InChI=1S/C20H16Cl2N2O2/c1-13(16-8-4-6-14-5-2-3-7-17(14)16)23-24-20(25)12-26-19-10-9-15(21)11-18(19)22/h2-11H,12H2,1H3,(H,24,25)/b23-13+. The molecule has 1 N–H and O–H groups in total. The lowest BCUT2D eigenvalue weighted by molar-refractivity contribution is -0.123. The Morgan fingerprint density at radius 2 is 1.85 bits per heavy atom. The predicted octanol–water partition coefficient (Wildman–Crippen LogP) is 5.07. The number of hydrogen-bond acceptors (Lipinski definition) is 3. The summed E-state index contributed by atoms with van der Waals surface area (Å²) in [5.74, 6) is 0.0107. The zero-order chi connectivity index (χ0) is 18.5. The maximum absolute atomic E-state index is 12.0. The second kappa shape index (κ2) is 8.21. The zero-order valence-corrected chi connectivity index (χ0v) is 15.5. The van der Waals surface area contributed by atoms with Gasteiger partial charge in [0.05, 0.1) is 10.7 Å². The lowest BCUT2D eigenvalue weighted by Crippen LogP contribution is -2.25. The van der Waals surface area contributed by atoms with Crippen molar-refractivity contribution < 1.29 is 9.53 Å². The largest absolute Gasteiger partial charge is 0.482 e. The van der Waals surface area contributed by atoms with Crippen molar-refractivity contribution in [3.05, 3.63) is 76.3 Å². The van der Waals surface area contributed by atoms with Gasteiger partial charge in [-0.15, -0.1) is 0 Å². The second-order valence-corrected chi connectivity index (χ2v) is 6.47. The molecule has 132 valence electrons.